The molecule has 3 N–H and O–H groups in total. The fraction of sp³-hybridized carbons (Fsp3) is 0.945. The van der Waals surface area contributed by atoms with Crippen LogP contribution >= 0.6 is 15.6 Å². The number of rotatable bonds is 74. The molecule has 5 atom stereocenters. The van der Waals surface area contributed by atoms with E-state index in [9.17, 15) is 43.2 Å². The first kappa shape index (κ1) is 90.1. The van der Waals surface area contributed by atoms with Crippen molar-refractivity contribution < 1.29 is 80.2 Å². The molecule has 92 heavy (non-hydrogen) atoms. The van der Waals surface area contributed by atoms with Crippen LogP contribution in [0.25, 0.3) is 0 Å². The Hall–Kier alpha value is -1.94. The molecule has 0 heterocycles. The molecule has 0 radical (unpaired) electrons. The number of phosphoric acid groups is 2. The van der Waals surface area contributed by atoms with Gasteiger partial charge in [0.25, 0.3) is 0 Å². The van der Waals surface area contributed by atoms with Gasteiger partial charge in [-0.05, 0) is 25.7 Å². The number of aliphatic hydroxyl groups excluding tert-OH is 1. The number of carbonyl (C=O) groups excluding carboxylic acids is 4. The summed E-state index contributed by atoms with van der Waals surface area (Å²) >= 11 is 0. The summed E-state index contributed by atoms with van der Waals surface area (Å²) < 4.78 is 68.4. The van der Waals surface area contributed by atoms with Crippen molar-refractivity contribution >= 4 is 39.5 Å². The van der Waals surface area contributed by atoms with Gasteiger partial charge in [0.05, 0.1) is 26.4 Å². The summed E-state index contributed by atoms with van der Waals surface area (Å²) in [4.78, 5) is 72.6. The second-order valence-corrected chi connectivity index (χ2v) is 29.2. The fourth-order valence-corrected chi connectivity index (χ4v) is 12.8. The predicted octanol–water partition coefficient (Wildman–Crippen LogP) is 21.4. The maximum absolute atomic E-state index is 13.1. The van der Waals surface area contributed by atoms with Crippen LogP contribution in [0, 0.1) is 0 Å². The number of aliphatic hydroxyl groups is 1. The Balaban J connectivity index is 5.21. The second-order valence-electron chi connectivity index (χ2n) is 26.3. The van der Waals surface area contributed by atoms with Crippen LogP contribution in [0.5, 0.6) is 0 Å². The number of esters is 4. The molecule has 0 amide bonds. The van der Waals surface area contributed by atoms with Gasteiger partial charge in [-0.3, -0.25) is 37.3 Å². The Morgan fingerprint density at radius 2 is 0.435 bits per heavy atom. The van der Waals surface area contributed by atoms with Crippen molar-refractivity contribution in [2.45, 2.75) is 406 Å². The molecule has 0 saturated carbocycles. The van der Waals surface area contributed by atoms with E-state index in [1.807, 2.05) is 0 Å². The zero-order valence-corrected chi connectivity index (χ0v) is 61.3. The number of hydrogen-bond donors (Lipinski definition) is 3. The molecule has 0 saturated heterocycles. The van der Waals surface area contributed by atoms with Crippen LogP contribution in [0.1, 0.15) is 387 Å². The molecular weight excluding hydrogens is 1210 g/mol. The van der Waals surface area contributed by atoms with E-state index in [2.05, 4.69) is 27.7 Å². The first-order valence-electron chi connectivity index (χ1n) is 38.3. The standard InChI is InChI=1S/C73H142O17P2/c1-5-9-13-17-21-25-28-31-33-35-37-40-42-46-50-54-58-71(76)84-64-69(90-73(78)60-56-52-48-44-41-38-36-34-32-29-26-22-18-14-10-6-2)66-88-92(81,82)86-62-67(74)61-85-91(79,80)87-65-68(63-83-70(75)57-53-49-45-24-20-16-12-8-4)89-72(77)59-55-51-47-43-39-30-27-23-19-15-11-7-3/h67-69,74H,5-66H2,1-4H3,(H,79,80)(H,81,82)/t67-,68+,69+/m0/s1. The zero-order chi connectivity index (χ0) is 67.5. The molecule has 2 unspecified atom stereocenters. The Bertz CT molecular complexity index is 1760. The van der Waals surface area contributed by atoms with Crippen LogP contribution in [0.15, 0.2) is 0 Å². The number of phosphoric ester groups is 2. The highest BCUT2D eigenvalue weighted by Gasteiger charge is 2.30. The second kappa shape index (κ2) is 67.6. The summed E-state index contributed by atoms with van der Waals surface area (Å²) in [6, 6.07) is 0. The molecule has 0 aromatic rings. The minimum Gasteiger partial charge on any atom is -0.462 e. The van der Waals surface area contributed by atoms with Gasteiger partial charge < -0.3 is 33.8 Å². The van der Waals surface area contributed by atoms with Crippen LogP contribution in [0.2, 0.25) is 0 Å². The van der Waals surface area contributed by atoms with Crippen LogP contribution in [-0.4, -0.2) is 96.7 Å². The van der Waals surface area contributed by atoms with Gasteiger partial charge in [-0.1, -0.05) is 336 Å². The van der Waals surface area contributed by atoms with Crippen LogP contribution in [0.3, 0.4) is 0 Å². The lowest BCUT2D eigenvalue weighted by Gasteiger charge is -2.21. The van der Waals surface area contributed by atoms with E-state index in [0.717, 1.165) is 96.3 Å². The van der Waals surface area contributed by atoms with Gasteiger partial charge in [0.2, 0.25) is 0 Å². The molecular formula is C73H142O17P2. The van der Waals surface area contributed by atoms with E-state index in [-0.39, 0.29) is 25.7 Å². The van der Waals surface area contributed by atoms with Crippen LogP contribution in [-0.2, 0) is 65.4 Å². The Kier molecular flexibility index (Phi) is 66.2. The van der Waals surface area contributed by atoms with Crippen molar-refractivity contribution in [3.63, 3.8) is 0 Å². The van der Waals surface area contributed by atoms with E-state index in [1.165, 1.54) is 212 Å². The highest BCUT2D eigenvalue weighted by molar-refractivity contribution is 7.47. The minimum absolute atomic E-state index is 0.108. The lowest BCUT2D eigenvalue weighted by atomic mass is 10.0. The van der Waals surface area contributed by atoms with Crippen molar-refractivity contribution in [1.82, 2.24) is 0 Å². The average Bonchev–Trinajstić information content (AvgIpc) is 1.76. The lowest BCUT2D eigenvalue weighted by Crippen LogP contribution is -2.30. The average molecular weight is 1350 g/mol. The molecule has 546 valence electrons. The molecule has 17 nitrogen and oxygen atoms in total. The molecule has 0 bridgehead atoms. The summed E-state index contributed by atoms with van der Waals surface area (Å²) in [6.07, 6.45) is 56.8. The van der Waals surface area contributed by atoms with E-state index in [4.69, 9.17) is 37.0 Å². The van der Waals surface area contributed by atoms with Crippen molar-refractivity contribution in [2.75, 3.05) is 39.6 Å². The van der Waals surface area contributed by atoms with Crippen LogP contribution in [0.4, 0.5) is 0 Å². The quantitative estimate of drug-likeness (QED) is 0.0222. The third-order valence-corrected chi connectivity index (χ3v) is 19.0. The van der Waals surface area contributed by atoms with E-state index < -0.39 is 97.5 Å². The summed E-state index contributed by atoms with van der Waals surface area (Å²) in [7, 11) is -9.90. The van der Waals surface area contributed by atoms with Gasteiger partial charge in [-0.2, -0.15) is 0 Å². The molecule has 0 fully saturated rings. The highest BCUT2D eigenvalue weighted by Crippen LogP contribution is 2.45. The predicted molar refractivity (Wildman–Crippen MR) is 372 cm³/mol. The topological polar surface area (TPSA) is 237 Å². The third kappa shape index (κ3) is 66.7. The van der Waals surface area contributed by atoms with E-state index in [1.54, 1.807) is 0 Å². The number of ether oxygens (including phenoxy) is 4. The van der Waals surface area contributed by atoms with Gasteiger partial charge >= 0.3 is 39.5 Å². The smallest absolute Gasteiger partial charge is 0.462 e. The molecule has 0 rings (SSSR count). The number of carbonyl (C=O) groups is 4. The monoisotopic (exact) mass is 1350 g/mol. The number of unbranched alkanes of at least 4 members (excludes halogenated alkanes) is 48. The van der Waals surface area contributed by atoms with Gasteiger partial charge in [0.1, 0.15) is 19.3 Å². The van der Waals surface area contributed by atoms with Gasteiger partial charge in [-0.15, -0.1) is 0 Å². The van der Waals surface area contributed by atoms with Crippen molar-refractivity contribution in [3.05, 3.63) is 0 Å². The molecule has 0 aliphatic carbocycles. The molecule has 0 aromatic heterocycles. The Labute approximate surface area is 562 Å². The number of hydrogen-bond acceptors (Lipinski definition) is 15. The third-order valence-electron chi connectivity index (χ3n) is 17.1. The largest absolute Gasteiger partial charge is 0.472 e. The SMILES string of the molecule is CCCCCCCCCCCCCCCCCCC(=O)OC[C@H](COP(=O)(O)OC[C@@H](O)COP(=O)(O)OC[C@@H](COC(=O)CCCCCCCCCC)OC(=O)CCCCCCCCCCCCCC)OC(=O)CCCCCCCCCCCCCCCCCC. The van der Waals surface area contributed by atoms with Crippen molar-refractivity contribution in [1.29, 1.82) is 0 Å². The van der Waals surface area contributed by atoms with Gasteiger partial charge in [0.15, 0.2) is 12.2 Å². The van der Waals surface area contributed by atoms with Gasteiger partial charge in [-0.25, -0.2) is 9.13 Å². The lowest BCUT2D eigenvalue weighted by molar-refractivity contribution is -0.161. The molecule has 0 aromatic carbocycles. The summed E-state index contributed by atoms with van der Waals surface area (Å²) in [5.41, 5.74) is 0. The Morgan fingerprint density at radius 1 is 0.261 bits per heavy atom. The minimum atomic E-state index is -4.95. The molecule has 0 aliphatic rings. The molecule has 0 spiro atoms. The highest BCUT2D eigenvalue weighted by atomic mass is 31.2. The summed E-state index contributed by atoms with van der Waals surface area (Å²) in [6.45, 7) is 4.95. The maximum atomic E-state index is 13.1. The van der Waals surface area contributed by atoms with Crippen molar-refractivity contribution in [2.24, 2.45) is 0 Å². The normalized spacial score (nSPS) is 13.9. The zero-order valence-electron chi connectivity index (χ0n) is 59.5. The molecule has 0 aliphatic heterocycles. The molecule has 19 heteroatoms. The Morgan fingerprint density at radius 3 is 0.641 bits per heavy atom. The summed E-state index contributed by atoms with van der Waals surface area (Å²) in [5.74, 6) is -2.12. The van der Waals surface area contributed by atoms with Crippen molar-refractivity contribution in [3.8, 4) is 0 Å². The van der Waals surface area contributed by atoms with Gasteiger partial charge in [0, 0.05) is 25.7 Å². The van der Waals surface area contributed by atoms with E-state index in [0.29, 0.717) is 25.7 Å². The first-order valence-corrected chi connectivity index (χ1v) is 41.3. The summed E-state index contributed by atoms with van der Waals surface area (Å²) in [5, 5.41) is 10.6. The first-order chi connectivity index (χ1) is 44.7. The maximum Gasteiger partial charge on any atom is 0.472 e. The van der Waals surface area contributed by atoms with E-state index >= 15 is 0 Å². The van der Waals surface area contributed by atoms with Crippen LogP contribution < -0.4 is 0 Å². The fourth-order valence-electron chi connectivity index (χ4n) is 11.2.